The third-order valence-corrected chi connectivity index (χ3v) is 6.53. The Morgan fingerprint density at radius 1 is 0.703 bits per heavy atom. The molecule has 6 nitrogen and oxygen atoms in total. The molecule has 0 unspecified atom stereocenters. The number of para-hydroxylation sites is 3. The molecule has 0 spiro atoms. The maximum absolute atomic E-state index is 13.5. The third kappa shape index (κ3) is 4.86. The first kappa shape index (κ1) is 24.0. The number of ether oxygens (including phenoxy) is 1. The average molecular weight is 491 g/mol. The zero-order valence-electron chi connectivity index (χ0n) is 20.5. The van der Waals surface area contributed by atoms with Crippen LogP contribution >= 0.6 is 0 Å². The molecule has 4 aromatic rings. The zero-order chi connectivity index (χ0) is 25.8. The van der Waals surface area contributed by atoms with E-state index >= 15 is 0 Å². The number of benzene rings is 4. The Labute approximate surface area is 215 Å². The lowest BCUT2D eigenvalue weighted by Crippen LogP contribution is -2.32. The van der Waals surface area contributed by atoms with Gasteiger partial charge in [-0.15, -0.1) is 0 Å². The normalized spacial score (nSPS) is 12.1. The number of aryl methyl sites for hydroxylation is 2. The number of fused-ring (bicyclic) bond motifs is 2. The Kier molecular flexibility index (Phi) is 6.81. The summed E-state index contributed by atoms with van der Waals surface area (Å²) in [4.78, 5) is 42.9. The van der Waals surface area contributed by atoms with Crippen LogP contribution in [0.5, 0.6) is 0 Å². The quantitative estimate of drug-likeness (QED) is 0.343. The molecular formula is C31H26N2O4. The molecule has 1 heterocycles. The lowest BCUT2D eigenvalue weighted by molar-refractivity contribution is -0.120. The van der Waals surface area contributed by atoms with E-state index in [4.69, 9.17) is 4.74 Å². The fourth-order valence-electron chi connectivity index (χ4n) is 4.62. The number of rotatable bonds is 5. The van der Waals surface area contributed by atoms with Crippen LogP contribution in [-0.2, 0) is 22.4 Å². The summed E-state index contributed by atoms with van der Waals surface area (Å²) in [5.41, 5.74) is 4.69. The van der Waals surface area contributed by atoms with Crippen molar-refractivity contribution in [3.05, 3.63) is 125 Å². The molecule has 0 saturated carbocycles. The van der Waals surface area contributed by atoms with Gasteiger partial charge in [0.1, 0.15) is 0 Å². The fourth-order valence-corrected chi connectivity index (χ4v) is 4.62. The van der Waals surface area contributed by atoms with E-state index in [0.717, 1.165) is 35.3 Å². The summed E-state index contributed by atoms with van der Waals surface area (Å²) in [5, 5.41) is 0. The number of carbonyl (C=O) groups is 3. The first-order chi connectivity index (χ1) is 18.0. The minimum absolute atomic E-state index is 0.111. The highest BCUT2D eigenvalue weighted by atomic mass is 16.5. The summed E-state index contributed by atoms with van der Waals surface area (Å²) in [5.74, 6) is -1.43. The van der Waals surface area contributed by atoms with Crippen molar-refractivity contribution in [2.24, 2.45) is 0 Å². The highest BCUT2D eigenvalue weighted by Gasteiger charge is 2.27. The molecule has 2 amide bonds. The van der Waals surface area contributed by atoms with Crippen LogP contribution in [0.2, 0.25) is 0 Å². The molecule has 0 atom stereocenters. The average Bonchev–Trinajstić information content (AvgIpc) is 3.12. The van der Waals surface area contributed by atoms with E-state index in [1.54, 1.807) is 30.1 Å². The van der Waals surface area contributed by atoms with Crippen molar-refractivity contribution in [3.63, 3.8) is 0 Å². The predicted molar refractivity (Wildman–Crippen MR) is 143 cm³/mol. The molecule has 37 heavy (non-hydrogen) atoms. The Bertz CT molecular complexity index is 1420. The van der Waals surface area contributed by atoms with Gasteiger partial charge < -0.3 is 9.64 Å². The van der Waals surface area contributed by atoms with Crippen LogP contribution in [0.1, 0.15) is 31.8 Å². The van der Waals surface area contributed by atoms with Gasteiger partial charge >= 0.3 is 5.97 Å². The molecule has 0 aromatic heterocycles. The number of carbonyl (C=O) groups excluding carboxylic acids is 3. The Hall–Kier alpha value is -4.71. The van der Waals surface area contributed by atoms with E-state index in [0.29, 0.717) is 5.69 Å². The summed E-state index contributed by atoms with van der Waals surface area (Å²) in [6.07, 6.45) is 1.61. The van der Waals surface area contributed by atoms with Gasteiger partial charge in [0.05, 0.1) is 22.5 Å². The van der Waals surface area contributed by atoms with Gasteiger partial charge in [-0.1, -0.05) is 66.7 Å². The third-order valence-electron chi connectivity index (χ3n) is 6.53. The van der Waals surface area contributed by atoms with E-state index in [9.17, 15) is 14.4 Å². The molecule has 0 N–H and O–H groups in total. The molecule has 0 saturated heterocycles. The number of amides is 2. The molecule has 0 aliphatic carbocycles. The first-order valence-corrected chi connectivity index (χ1v) is 12.1. The zero-order valence-corrected chi connectivity index (χ0v) is 20.5. The van der Waals surface area contributed by atoms with Crippen LogP contribution in [0.25, 0.3) is 0 Å². The predicted octanol–water partition coefficient (Wildman–Crippen LogP) is 5.58. The lowest BCUT2D eigenvalue weighted by Gasteiger charge is -2.25. The largest absolute Gasteiger partial charge is 0.452 e. The highest BCUT2D eigenvalue weighted by Crippen LogP contribution is 2.36. The molecule has 0 fully saturated rings. The van der Waals surface area contributed by atoms with E-state index in [-0.39, 0.29) is 22.9 Å². The van der Waals surface area contributed by atoms with Gasteiger partial charge in [-0.25, -0.2) is 4.79 Å². The summed E-state index contributed by atoms with van der Waals surface area (Å²) < 4.78 is 5.49. The Morgan fingerprint density at radius 2 is 1.22 bits per heavy atom. The van der Waals surface area contributed by atoms with Crippen molar-refractivity contribution < 1.29 is 19.1 Å². The highest BCUT2D eigenvalue weighted by molar-refractivity contribution is 6.12. The SMILES string of the molecule is CN(C(=O)c1ccccc1C(=O)OCC(=O)N1c2ccccc2CCc2ccccc21)c1ccccc1. The Morgan fingerprint density at radius 3 is 1.84 bits per heavy atom. The van der Waals surface area contributed by atoms with E-state index < -0.39 is 12.6 Å². The van der Waals surface area contributed by atoms with Crippen molar-refractivity contribution >= 4 is 34.8 Å². The van der Waals surface area contributed by atoms with Gasteiger partial charge in [0.2, 0.25) is 0 Å². The second-order valence-corrected chi connectivity index (χ2v) is 8.81. The second-order valence-electron chi connectivity index (χ2n) is 8.81. The van der Waals surface area contributed by atoms with Crippen LogP contribution in [0.15, 0.2) is 103 Å². The molecule has 0 radical (unpaired) electrons. The lowest BCUT2D eigenvalue weighted by atomic mass is 10.0. The second kappa shape index (κ2) is 10.5. The topological polar surface area (TPSA) is 66.9 Å². The molecule has 1 aliphatic heterocycles. The van der Waals surface area contributed by atoms with Crippen molar-refractivity contribution in [3.8, 4) is 0 Å². The summed E-state index contributed by atoms with van der Waals surface area (Å²) >= 11 is 0. The number of hydrogen-bond donors (Lipinski definition) is 0. The van der Waals surface area contributed by atoms with Crippen LogP contribution < -0.4 is 9.80 Å². The smallest absolute Gasteiger partial charge is 0.339 e. The standard InChI is InChI=1S/C31H26N2O4/c1-32(24-13-3-2-4-14-24)30(35)25-15-7-8-16-26(25)31(36)37-21-29(34)33-27-17-9-5-11-22(27)19-20-23-12-6-10-18-28(23)33/h2-18H,19-21H2,1H3. The maximum Gasteiger partial charge on any atom is 0.339 e. The van der Waals surface area contributed by atoms with Crippen molar-refractivity contribution in [2.45, 2.75) is 12.8 Å². The Balaban J connectivity index is 1.38. The minimum atomic E-state index is -0.727. The maximum atomic E-state index is 13.5. The summed E-state index contributed by atoms with van der Waals surface area (Å²) in [6.45, 7) is -0.460. The van der Waals surface area contributed by atoms with Gasteiger partial charge in [-0.2, -0.15) is 0 Å². The van der Waals surface area contributed by atoms with E-state index in [2.05, 4.69) is 0 Å². The van der Waals surface area contributed by atoms with Crippen LogP contribution in [0.3, 0.4) is 0 Å². The molecule has 1 aliphatic rings. The minimum Gasteiger partial charge on any atom is -0.452 e. The number of anilines is 3. The molecule has 5 rings (SSSR count). The van der Waals surface area contributed by atoms with E-state index in [1.165, 1.54) is 11.0 Å². The summed E-state index contributed by atoms with van der Waals surface area (Å²) in [7, 11) is 1.65. The molecule has 184 valence electrons. The van der Waals surface area contributed by atoms with Gasteiger partial charge in [-0.3, -0.25) is 14.5 Å². The number of esters is 1. The van der Waals surface area contributed by atoms with E-state index in [1.807, 2.05) is 78.9 Å². The molecular weight excluding hydrogens is 464 g/mol. The van der Waals surface area contributed by atoms with Crippen molar-refractivity contribution in [1.29, 1.82) is 0 Å². The van der Waals surface area contributed by atoms with Crippen molar-refractivity contribution in [2.75, 3.05) is 23.5 Å². The first-order valence-electron chi connectivity index (χ1n) is 12.1. The van der Waals surface area contributed by atoms with Crippen LogP contribution in [-0.4, -0.2) is 31.4 Å². The van der Waals surface area contributed by atoms with Gasteiger partial charge in [0, 0.05) is 12.7 Å². The monoisotopic (exact) mass is 490 g/mol. The number of hydrogen-bond acceptors (Lipinski definition) is 4. The molecule has 4 aromatic carbocycles. The fraction of sp³-hybridized carbons (Fsp3) is 0.129. The van der Waals surface area contributed by atoms with Crippen LogP contribution in [0.4, 0.5) is 17.1 Å². The van der Waals surface area contributed by atoms with Gasteiger partial charge in [0.15, 0.2) is 6.61 Å². The van der Waals surface area contributed by atoms with Crippen LogP contribution in [0, 0.1) is 0 Å². The molecule has 6 heteroatoms. The van der Waals surface area contributed by atoms with Crippen molar-refractivity contribution in [1.82, 2.24) is 0 Å². The molecule has 0 bridgehead atoms. The number of nitrogens with zero attached hydrogens (tertiary/aromatic N) is 2. The van der Waals surface area contributed by atoms with Gasteiger partial charge in [-0.05, 0) is 60.4 Å². The van der Waals surface area contributed by atoms with Gasteiger partial charge in [0.25, 0.3) is 11.8 Å². The summed E-state index contributed by atoms with van der Waals surface area (Å²) in [6, 6.07) is 31.2.